The van der Waals surface area contributed by atoms with E-state index >= 15 is 0 Å². The number of allylic oxidation sites excluding steroid dienone is 2. The SMILES string of the molecule is CCOC(=O)C1=C(C(=O)OCC)C2(C)C(C)=C(C)C1(C)C2C. The van der Waals surface area contributed by atoms with Crippen molar-refractivity contribution >= 4 is 11.9 Å². The van der Waals surface area contributed by atoms with Crippen LogP contribution in [-0.2, 0) is 19.1 Å². The van der Waals surface area contributed by atoms with Gasteiger partial charge in [-0.2, -0.15) is 0 Å². The van der Waals surface area contributed by atoms with Gasteiger partial charge in [0.05, 0.1) is 24.4 Å². The molecular weight excluding hydrogens is 280 g/mol. The molecule has 2 bridgehead atoms. The molecule has 4 heteroatoms. The van der Waals surface area contributed by atoms with E-state index < -0.39 is 22.8 Å². The fraction of sp³-hybridized carbons (Fsp3) is 0.667. The number of hydrogen-bond acceptors (Lipinski definition) is 4. The fourth-order valence-electron chi connectivity index (χ4n) is 4.37. The topological polar surface area (TPSA) is 52.6 Å². The highest BCUT2D eigenvalue weighted by Gasteiger charge is 2.65. The Labute approximate surface area is 132 Å². The predicted octanol–water partition coefficient (Wildman–Crippen LogP) is 3.42. The van der Waals surface area contributed by atoms with Crippen LogP contribution in [0.5, 0.6) is 0 Å². The van der Waals surface area contributed by atoms with Crippen molar-refractivity contribution in [2.24, 2.45) is 16.7 Å². The van der Waals surface area contributed by atoms with Crippen LogP contribution in [0, 0.1) is 16.7 Å². The summed E-state index contributed by atoms with van der Waals surface area (Å²) in [6.45, 7) is 14.4. The first-order valence-electron chi connectivity index (χ1n) is 7.96. The van der Waals surface area contributed by atoms with Gasteiger partial charge in [-0.1, -0.05) is 31.9 Å². The van der Waals surface area contributed by atoms with Crippen LogP contribution in [0.3, 0.4) is 0 Å². The maximum Gasteiger partial charge on any atom is 0.335 e. The Bertz CT molecular complexity index is 548. The van der Waals surface area contributed by atoms with Crippen LogP contribution in [0.4, 0.5) is 0 Å². The summed E-state index contributed by atoms with van der Waals surface area (Å²) >= 11 is 0. The molecule has 2 unspecified atom stereocenters. The van der Waals surface area contributed by atoms with Crippen LogP contribution in [0.1, 0.15) is 48.5 Å². The molecule has 4 nitrogen and oxygen atoms in total. The molecule has 0 spiro atoms. The molecule has 0 radical (unpaired) electrons. The van der Waals surface area contributed by atoms with Crippen LogP contribution >= 0.6 is 0 Å². The first kappa shape index (κ1) is 16.8. The molecule has 0 aromatic carbocycles. The minimum atomic E-state index is -0.465. The third kappa shape index (κ3) is 1.76. The minimum Gasteiger partial charge on any atom is -0.463 e. The molecule has 2 rings (SSSR count). The van der Waals surface area contributed by atoms with Crippen molar-refractivity contribution in [3.05, 3.63) is 22.3 Å². The second kappa shape index (κ2) is 5.25. The smallest absolute Gasteiger partial charge is 0.335 e. The van der Waals surface area contributed by atoms with Gasteiger partial charge in [0.2, 0.25) is 0 Å². The van der Waals surface area contributed by atoms with Crippen molar-refractivity contribution in [1.29, 1.82) is 0 Å². The van der Waals surface area contributed by atoms with Crippen LogP contribution < -0.4 is 0 Å². The Balaban J connectivity index is 2.71. The number of fused-ring (bicyclic) bond motifs is 2. The average Bonchev–Trinajstić information content (AvgIpc) is 2.72. The Kier molecular flexibility index (Phi) is 4.01. The normalized spacial score (nSPS) is 33.5. The summed E-state index contributed by atoms with van der Waals surface area (Å²) in [5.41, 5.74) is 2.38. The molecule has 0 aromatic heterocycles. The van der Waals surface area contributed by atoms with Gasteiger partial charge in [-0.05, 0) is 33.6 Å². The molecule has 2 aliphatic rings. The van der Waals surface area contributed by atoms with E-state index in [-0.39, 0.29) is 5.92 Å². The monoisotopic (exact) mass is 306 g/mol. The summed E-state index contributed by atoms with van der Waals surface area (Å²) in [5, 5.41) is 0. The molecular formula is C18H26O4. The van der Waals surface area contributed by atoms with Crippen molar-refractivity contribution in [1.82, 2.24) is 0 Å². The van der Waals surface area contributed by atoms with Gasteiger partial charge in [-0.3, -0.25) is 0 Å². The number of carbonyl (C=O) groups is 2. The van der Waals surface area contributed by atoms with Crippen molar-refractivity contribution in [3.8, 4) is 0 Å². The zero-order valence-electron chi connectivity index (χ0n) is 14.6. The first-order valence-corrected chi connectivity index (χ1v) is 7.96. The molecule has 0 amide bonds. The number of ether oxygens (including phenoxy) is 2. The highest BCUT2D eigenvalue weighted by atomic mass is 16.5. The standard InChI is InChI=1S/C18H26O4/c1-8-21-15(19)13-14(16(20)22-9-2)18(7)11(4)10(3)17(13,6)12(18)5/h12H,8-9H2,1-7H3. The number of esters is 2. The van der Waals surface area contributed by atoms with Gasteiger partial charge in [-0.25, -0.2) is 9.59 Å². The van der Waals surface area contributed by atoms with E-state index in [0.717, 1.165) is 0 Å². The molecule has 122 valence electrons. The van der Waals surface area contributed by atoms with Gasteiger partial charge in [0.15, 0.2) is 0 Å². The number of hydrogen-bond donors (Lipinski definition) is 0. The van der Waals surface area contributed by atoms with E-state index in [1.54, 1.807) is 13.8 Å². The zero-order valence-corrected chi connectivity index (χ0v) is 14.6. The molecule has 2 atom stereocenters. The van der Waals surface area contributed by atoms with E-state index in [4.69, 9.17) is 9.47 Å². The van der Waals surface area contributed by atoms with E-state index in [1.807, 2.05) is 13.8 Å². The Hall–Kier alpha value is -1.58. The molecule has 0 fully saturated rings. The van der Waals surface area contributed by atoms with E-state index in [1.165, 1.54) is 11.1 Å². The van der Waals surface area contributed by atoms with E-state index in [2.05, 4.69) is 20.8 Å². The van der Waals surface area contributed by atoms with Gasteiger partial charge in [0.25, 0.3) is 0 Å². The number of rotatable bonds is 4. The van der Waals surface area contributed by atoms with E-state index in [0.29, 0.717) is 24.4 Å². The lowest BCUT2D eigenvalue weighted by molar-refractivity contribution is -0.142. The van der Waals surface area contributed by atoms with Gasteiger partial charge < -0.3 is 9.47 Å². The molecule has 0 N–H and O–H groups in total. The molecule has 0 saturated heterocycles. The molecule has 0 saturated carbocycles. The largest absolute Gasteiger partial charge is 0.463 e. The summed E-state index contributed by atoms with van der Waals surface area (Å²) in [4.78, 5) is 25.2. The Morgan fingerprint density at radius 1 is 0.909 bits per heavy atom. The summed E-state index contributed by atoms with van der Waals surface area (Å²) in [5.74, 6) is -0.662. The van der Waals surface area contributed by atoms with E-state index in [9.17, 15) is 9.59 Å². The maximum atomic E-state index is 12.6. The van der Waals surface area contributed by atoms with Crippen molar-refractivity contribution < 1.29 is 19.1 Å². The Morgan fingerprint density at radius 3 is 1.50 bits per heavy atom. The van der Waals surface area contributed by atoms with Gasteiger partial charge >= 0.3 is 11.9 Å². The molecule has 22 heavy (non-hydrogen) atoms. The van der Waals surface area contributed by atoms with Crippen molar-refractivity contribution in [3.63, 3.8) is 0 Å². The maximum absolute atomic E-state index is 12.6. The zero-order chi connectivity index (χ0) is 16.9. The highest BCUT2D eigenvalue weighted by molar-refractivity contribution is 6.05. The summed E-state index contributed by atoms with van der Waals surface area (Å²) < 4.78 is 10.5. The highest BCUT2D eigenvalue weighted by Crippen LogP contribution is 2.69. The first-order chi connectivity index (χ1) is 10.2. The van der Waals surface area contributed by atoms with Crippen molar-refractivity contribution in [2.45, 2.75) is 48.5 Å². The average molecular weight is 306 g/mol. The Morgan fingerprint density at radius 2 is 1.23 bits per heavy atom. The number of carbonyl (C=O) groups excluding carboxylic acids is 2. The lowest BCUT2D eigenvalue weighted by Gasteiger charge is -2.31. The second-order valence-electron chi connectivity index (χ2n) is 6.57. The van der Waals surface area contributed by atoms with Gasteiger partial charge in [-0.15, -0.1) is 0 Å². The summed E-state index contributed by atoms with van der Waals surface area (Å²) in [6.07, 6.45) is 0. The minimum absolute atomic E-state index is 0.124. The van der Waals surface area contributed by atoms with Crippen LogP contribution in [0.25, 0.3) is 0 Å². The van der Waals surface area contributed by atoms with Crippen LogP contribution in [0.2, 0.25) is 0 Å². The van der Waals surface area contributed by atoms with Crippen LogP contribution in [0.15, 0.2) is 22.3 Å². The summed E-state index contributed by atoms with van der Waals surface area (Å²) in [7, 11) is 0. The third-order valence-electron chi connectivity index (χ3n) is 6.10. The summed E-state index contributed by atoms with van der Waals surface area (Å²) in [6, 6.07) is 0. The molecule has 0 aromatic rings. The molecule has 2 aliphatic carbocycles. The molecule has 0 aliphatic heterocycles. The molecule has 0 heterocycles. The quantitative estimate of drug-likeness (QED) is 0.590. The van der Waals surface area contributed by atoms with Crippen molar-refractivity contribution in [2.75, 3.05) is 13.2 Å². The fourth-order valence-corrected chi connectivity index (χ4v) is 4.37. The second-order valence-corrected chi connectivity index (χ2v) is 6.57. The predicted molar refractivity (Wildman–Crippen MR) is 84.0 cm³/mol. The van der Waals surface area contributed by atoms with Crippen LogP contribution in [-0.4, -0.2) is 25.2 Å². The third-order valence-corrected chi connectivity index (χ3v) is 6.10. The lowest BCUT2D eigenvalue weighted by atomic mass is 9.72. The van der Waals surface area contributed by atoms with Gasteiger partial charge in [0.1, 0.15) is 0 Å². The van der Waals surface area contributed by atoms with Gasteiger partial charge in [0, 0.05) is 10.8 Å². The lowest BCUT2D eigenvalue weighted by Crippen LogP contribution is -2.29.